The van der Waals surface area contributed by atoms with Crippen molar-refractivity contribution in [3.63, 3.8) is 0 Å². The fourth-order valence-corrected chi connectivity index (χ4v) is 2.26. The van der Waals surface area contributed by atoms with Crippen LogP contribution in [0.4, 0.5) is 0 Å². The van der Waals surface area contributed by atoms with Gasteiger partial charge in [0.05, 0.1) is 11.7 Å². The number of rotatable bonds is 3. The summed E-state index contributed by atoms with van der Waals surface area (Å²) in [6, 6.07) is 10.7. The number of nitrogens with zero attached hydrogens (tertiary/aromatic N) is 2. The molecular formula is C15H13BrN2O3. The van der Waals surface area contributed by atoms with Gasteiger partial charge in [-0.05, 0) is 30.3 Å². The van der Waals surface area contributed by atoms with Crippen molar-refractivity contribution in [3.05, 3.63) is 52.6 Å². The smallest absolute Gasteiger partial charge is 0.255 e. The fourth-order valence-electron chi connectivity index (χ4n) is 1.99. The highest BCUT2D eigenvalue weighted by molar-refractivity contribution is 9.10. The molecule has 1 saturated heterocycles. The lowest BCUT2D eigenvalue weighted by molar-refractivity contribution is 0.00586. The molecule has 108 valence electrons. The highest BCUT2D eigenvalue weighted by Crippen LogP contribution is 2.22. The van der Waals surface area contributed by atoms with Gasteiger partial charge in [0, 0.05) is 29.8 Å². The number of ether oxygens (including phenoxy) is 1. The van der Waals surface area contributed by atoms with Crippen molar-refractivity contribution in [2.75, 3.05) is 13.1 Å². The van der Waals surface area contributed by atoms with Gasteiger partial charge in [-0.1, -0.05) is 15.9 Å². The van der Waals surface area contributed by atoms with E-state index >= 15 is 0 Å². The lowest BCUT2D eigenvalue weighted by Crippen LogP contribution is -2.53. The standard InChI is InChI=1S/C15H13BrN2O3/c16-11-2-4-13(5-3-11)21-14-6-1-10(7-17-14)15(20)18-8-12(19)9-18/h1-7,12,19H,8-9H2. The van der Waals surface area contributed by atoms with Gasteiger partial charge in [0.25, 0.3) is 5.91 Å². The second-order valence-electron chi connectivity index (χ2n) is 4.81. The average Bonchev–Trinajstić information content (AvgIpc) is 2.46. The topological polar surface area (TPSA) is 62.7 Å². The number of aliphatic hydroxyl groups is 1. The highest BCUT2D eigenvalue weighted by Gasteiger charge is 2.29. The maximum Gasteiger partial charge on any atom is 0.255 e. The Morgan fingerprint density at radius 2 is 1.95 bits per heavy atom. The van der Waals surface area contributed by atoms with Gasteiger partial charge in [0.2, 0.25) is 5.88 Å². The van der Waals surface area contributed by atoms with Gasteiger partial charge in [-0.15, -0.1) is 0 Å². The van der Waals surface area contributed by atoms with Crippen LogP contribution in [-0.2, 0) is 0 Å². The number of amides is 1. The summed E-state index contributed by atoms with van der Waals surface area (Å²) in [7, 11) is 0. The molecule has 1 aromatic heterocycles. The zero-order chi connectivity index (χ0) is 14.8. The zero-order valence-corrected chi connectivity index (χ0v) is 12.7. The van der Waals surface area contributed by atoms with E-state index in [-0.39, 0.29) is 5.91 Å². The summed E-state index contributed by atoms with van der Waals surface area (Å²) in [5, 5.41) is 9.21. The number of benzene rings is 1. The summed E-state index contributed by atoms with van der Waals surface area (Å²) in [4.78, 5) is 17.7. The van der Waals surface area contributed by atoms with Gasteiger partial charge in [0.1, 0.15) is 5.75 Å². The number of aliphatic hydroxyl groups excluding tert-OH is 1. The number of likely N-dealkylation sites (tertiary alicyclic amines) is 1. The quantitative estimate of drug-likeness (QED) is 0.925. The Kier molecular flexibility index (Phi) is 3.90. The van der Waals surface area contributed by atoms with Crippen molar-refractivity contribution in [3.8, 4) is 11.6 Å². The summed E-state index contributed by atoms with van der Waals surface area (Å²) in [5.74, 6) is 0.983. The second-order valence-corrected chi connectivity index (χ2v) is 5.72. The van der Waals surface area contributed by atoms with Gasteiger partial charge in [-0.2, -0.15) is 0 Å². The van der Waals surface area contributed by atoms with Crippen LogP contribution in [0.5, 0.6) is 11.6 Å². The van der Waals surface area contributed by atoms with Gasteiger partial charge < -0.3 is 14.7 Å². The number of carbonyl (C=O) groups excluding carboxylic acids is 1. The first-order valence-electron chi connectivity index (χ1n) is 6.48. The number of carbonyl (C=O) groups is 1. The average molecular weight is 349 g/mol. The normalized spacial score (nSPS) is 14.7. The van der Waals surface area contributed by atoms with E-state index < -0.39 is 6.10 Å². The van der Waals surface area contributed by atoms with Crippen molar-refractivity contribution in [1.82, 2.24) is 9.88 Å². The molecule has 2 aromatic rings. The Bertz CT molecular complexity index is 637. The van der Waals surface area contributed by atoms with Crippen LogP contribution in [-0.4, -0.2) is 40.1 Å². The number of aromatic nitrogens is 1. The Morgan fingerprint density at radius 3 is 2.52 bits per heavy atom. The first-order chi connectivity index (χ1) is 10.1. The molecule has 0 aliphatic carbocycles. The van der Waals surface area contributed by atoms with Crippen LogP contribution >= 0.6 is 15.9 Å². The van der Waals surface area contributed by atoms with E-state index in [0.717, 1.165) is 4.47 Å². The largest absolute Gasteiger partial charge is 0.439 e. The predicted octanol–water partition coefficient (Wildman–Crippen LogP) is 2.45. The van der Waals surface area contributed by atoms with Crippen molar-refractivity contribution in [1.29, 1.82) is 0 Å². The maximum absolute atomic E-state index is 12.0. The van der Waals surface area contributed by atoms with Gasteiger partial charge in [-0.3, -0.25) is 4.79 Å². The predicted molar refractivity (Wildman–Crippen MR) is 80.4 cm³/mol. The maximum atomic E-state index is 12.0. The number of hydrogen-bond donors (Lipinski definition) is 1. The third kappa shape index (κ3) is 3.22. The lowest BCUT2D eigenvalue weighted by atomic mass is 10.1. The Balaban J connectivity index is 1.66. The Morgan fingerprint density at radius 1 is 1.24 bits per heavy atom. The minimum absolute atomic E-state index is 0.122. The van der Waals surface area contributed by atoms with Crippen LogP contribution in [0.2, 0.25) is 0 Å². The summed E-state index contributed by atoms with van der Waals surface area (Å²) in [6.07, 6.45) is 1.09. The Hall–Kier alpha value is -1.92. The fraction of sp³-hybridized carbons (Fsp3) is 0.200. The molecule has 1 fully saturated rings. The molecule has 3 rings (SSSR count). The van der Waals surface area contributed by atoms with Crippen molar-refractivity contribution in [2.24, 2.45) is 0 Å². The lowest BCUT2D eigenvalue weighted by Gasteiger charge is -2.35. The summed E-state index contributed by atoms with van der Waals surface area (Å²) in [5.41, 5.74) is 0.491. The van der Waals surface area contributed by atoms with E-state index in [1.807, 2.05) is 24.3 Å². The first kappa shape index (κ1) is 14.0. The molecule has 0 atom stereocenters. The molecule has 1 amide bonds. The molecule has 1 aromatic carbocycles. The molecule has 0 radical (unpaired) electrons. The highest BCUT2D eigenvalue weighted by atomic mass is 79.9. The summed E-state index contributed by atoms with van der Waals surface area (Å²) < 4.78 is 6.56. The van der Waals surface area contributed by atoms with Crippen LogP contribution in [0.25, 0.3) is 0 Å². The first-order valence-corrected chi connectivity index (χ1v) is 7.28. The molecular weight excluding hydrogens is 336 g/mol. The molecule has 6 heteroatoms. The minimum Gasteiger partial charge on any atom is -0.439 e. The van der Waals surface area contributed by atoms with Crippen molar-refractivity contribution >= 4 is 21.8 Å². The summed E-state index contributed by atoms with van der Waals surface area (Å²) >= 11 is 3.36. The SMILES string of the molecule is O=C(c1ccc(Oc2ccc(Br)cc2)nc1)N1CC(O)C1. The number of pyridine rings is 1. The third-order valence-electron chi connectivity index (χ3n) is 3.17. The van der Waals surface area contributed by atoms with Gasteiger partial charge in [0.15, 0.2) is 0 Å². The van der Waals surface area contributed by atoms with E-state index in [1.54, 1.807) is 17.0 Å². The van der Waals surface area contributed by atoms with Crippen LogP contribution in [0.3, 0.4) is 0 Å². The summed E-state index contributed by atoms with van der Waals surface area (Å²) in [6.45, 7) is 0.770. The van der Waals surface area contributed by atoms with Crippen molar-refractivity contribution < 1.29 is 14.6 Å². The van der Waals surface area contributed by atoms with Gasteiger partial charge in [-0.25, -0.2) is 4.98 Å². The molecule has 2 heterocycles. The molecule has 1 aliphatic heterocycles. The van der Waals surface area contributed by atoms with E-state index in [2.05, 4.69) is 20.9 Å². The molecule has 5 nitrogen and oxygen atoms in total. The van der Waals surface area contributed by atoms with E-state index in [9.17, 15) is 9.90 Å². The molecule has 0 bridgehead atoms. The van der Waals surface area contributed by atoms with Gasteiger partial charge >= 0.3 is 0 Å². The van der Waals surface area contributed by atoms with Crippen LogP contribution in [0.1, 0.15) is 10.4 Å². The van der Waals surface area contributed by atoms with E-state index in [1.165, 1.54) is 6.20 Å². The van der Waals surface area contributed by atoms with Crippen LogP contribution < -0.4 is 4.74 Å². The number of β-amino-alcohol motifs (C(OH)–C–C–N with tert-alkyl or cyclic N) is 1. The van der Waals surface area contributed by atoms with Crippen LogP contribution in [0.15, 0.2) is 47.1 Å². The zero-order valence-electron chi connectivity index (χ0n) is 11.1. The number of halogens is 1. The Labute approximate surface area is 130 Å². The monoisotopic (exact) mass is 348 g/mol. The second kappa shape index (κ2) is 5.83. The van der Waals surface area contributed by atoms with E-state index in [4.69, 9.17) is 4.74 Å². The molecule has 0 saturated carbocycles. The van der Waals surface area contributed by atoms with E-state index in [0.29, 0.717) is 30.3 Å². The molecule has 0 unspecified atom stereocenters. The molecule has 1 aliphatic rings. The molecule has 0 spiro atoms. The molecule has 1 N–H and O–H groups in total. The third-order valence-corrected chi connectivity index (χ3v) is 3.70. The molecule has 21 heavy (non-hydrogen) atoms. The number of hydrogen-bond acceptors (Lipinski definition) is 4. The van der Waals surface area contributed by atoms with Crippen LogP contribution in [0, 0.1) is 0 Å². The minimum atomic E-state index is -0.401. The van der Waals surface area contributed by atoms with Crippen molar-refractivity contribution in [2.45, 2.75) is 6.10 Å².